The summed E-state index contributed by atoms with van der Waals surface area (Å²) in [5.74, 6) is 0. The average molecular weight is 453 g/mol. The zero-order chi connectivity index (χ0) is 18.6. The molecule has 1 rings (SSSR count). The Labute approximate surface area is 154 Å². The van der Waals surface area contributed by atoms with Crippen molar-refractivity contribution in [1.82, 2.24) is 0 Å². The molecule has 1 saturated heterocycles. The van der Waals surface area contributed by atoms with Gasteiger partial charge in [-0.2, -0.15) is 0 Å². The molecule has 24 heavy (non-hydrogen) atoms. The molecule has 0 unspecified atom stereocenters. The van der Waals surface area contributed by atoms with Crippen LogP contribution in [-0.2, 0) is 18.7 Å². The fraction of sp³-hybridized carbons (Fsp3) is 1.00. The second kappa shape index (κ2) is 8.53. The molecule has 0 aliphatic carbocycles. The molecule has 0 saturated carbocycles. The zero-order valence-corrected chi connectivity index (χ0v) is 20.0. The topological polar surface area (TPSA) is 46.2 Å². The molecule has 6 heteroatoms. The van der Waals surface area contributed by atoms with Crippen LogP contribution < -0.4 is 0 Å². The fourth-order valence-electron chi connectivity index (χ4n) is 2.67. The van der Waals surface area contributed by atoms with Crippen molar-refractivity contribution >= 4 is 19.6 Å². The first kappa shape index (κ1) is 22.6. The Morgan fingerprint density at radius 2 is 1.12 bits per heavy atom. The molecule has 0 radical (unpaired) electrons. The van der Waals surface area contributed by atoms with Crippen molar-refractivity contribution in [1.29, 1.82) is 0 Å². The van der Waals surface area contributed by atoms with Gasteiger partial charge in [0.2, 0.25) is 0 Å². The van der Waals surface area contributed by atoms with Gasteiger partial charge in [-0.3, -0.25) is 0 Å². The van der Waals surface area contributed by atoms with Gasteiger partial charge in [0.1, 0.15) is 0 Å². The summed E-state index contributed by atoms with van der Waals surface area (Å²) in [5.41, 5.74) is -0.896. The Bertz CT molecular complexity index is 332. The third-order valence-corrected chi connectivity index (χ3v) is 13.7. The summed E-state index contributed by atoms with van der Waals surface area (Å²) >= 11 is -3.80. The Kier molecular flexibility index (Phi) is 8.04. The van der Waals surface area contributed by atoms with Gasteiger partial charge in [-0.1, -0.05) is 0 Å². The Hall–Kier alpha value is 0.599. The van der Waals surface area contributed by atoms with Crippen molar-refractivity contribution in [2.45, 2.75) is 103 Å². The van der Waals surface area contributed by atoms with Crippen LogP contribution >= 0.6 is 0 Å². The number of ether oxygens (including phenoxy) is 2. The van der Waals surface area contributed by atoms with Crippen molar-refractivity contribution in [2.75, 3.05) is 13.2 Å². The van der Waals surface area contributed by atoms with Gasteiger partial charge in [0.05, 0.1) is 0 Å². The molecule has 0 aromatic carbocycles. The van der Waals surface area contributed by atoms with Crippen LogP contribution in [0.15, 0.2) is 0 Å². The molecule has 1 heterocycles. The molecular formula is C18H38O5Sn. The summed E-state index contributed by atoms with van der Waals surface area (Å²) in [4.78, 5) is 0. The summed E-state index contributed by atoms with van der Waals surface area (Å²) in [5, 5.41) is 0. The fourth-order valence-corrected chi connectivity index (χ4v) is 13.7. The van der Waals surface area contributed by atoms with Gasteiger partial charge in [-0.05, 0) is 0 Å². The molecular weight excluding hydrogens is 415 g/mol. The molecule has 0 N–H and O–H groups in total. The van der Waals surface area contributed by atoms with Gasteiger partial charge in [0, 0.05) is 0 Å². The second-order valence-corrected chi connectivity index (χ2v) is 16.5. The normalized spacial score (nSPS) is 18.4. The van der Waals surface area contributed by atoms with E-state index in [1.165, 1.54) is 0 Å². The SMILES string of the molecule is CC(C)(C)[O][Sn]([CH2]CCC1OCCO1)([O]C(C)(C)C)[O]C(C)(C)C. The van der Waals surface area contributed by atoms with Crippen LogP contribution in [0.25, 0.3) is 0 Å². The van der Waals surface area contributed by atoms with Gasteiger partial charge in [-0.15, -0.1) is 0 Å². The molecule has 144 valence electrons. The van der Waals surface area contributed by atoms with Crippen LogP contribution in [0, 0.1) is 0 Å². The Morgan fingerprint density at radius 1 is 0.750 bits per heavy atom. The van der Waals surface area contributed by atoms with Crippen LogP contribution in [-0.4, -0.2) is 55.9 Å². The van der Waals surface area contributed by atoms with Gasteiger partial charge in [0.15, 0.2) is 0 Å². The van der Waals surface area contributed by atoms with E-state index in [2.05, 4.69) is 62.3 Å². The predicted octanol–water partition coefficient (Wildman–Crippen LogP) is 4.52. The third kappa shape index (κ3) is 9.92. The summed E-state index contributed by atoms with van der Waals surface area (Å²) in [7, 11) is 0. The van der Waals surface area contributed by atoms with Crippen molar-refractivity contribution < 1.29 is 18.7 Å². The molecule has 5 nitrogen and oxygen atoms in total. The molecule has 1 aliphatic rings. The first-order valence-corrected chi connectivity index (χ1v) is 14.5. The van der Waals surface area contributed by atoms with Crippen LogP contribution in [0.5, 0.6) is 0 Å². The van der Waals surface area contributed by atoms with E-state index in [4.69, 9.17) is 18.7 Å². The molecule has 0 aromatic heterocycles. The second-order valence-electron chi connectivity index (χ2n) is 9.39. The first-order valence-electron chi connectivity index (χ1n) is 9.04. The molecule has 0 bridgehead atoms. The maximum absolute atomic E-state index is 6.53. The molecule has 0 aromatic rings. The van der Waals surface area contributed by atoms with Crippen LogP contribution in [0.4, 0.5) is 0 Å². The summed E-state index contributed by atoms with van der Waals surface area (Å²) in [6, 6.07) is 0. The standard InChI is InChI=1S/C6H11O2.3C4H9O.Sn/c1-2-3-6-7-4-5-8-6;3*1-4(2,3)5;/h6H,1-5H2;3*1-3H3;/q;3*-1;+3. The van der Waals surface area contributed by atoms with E-state index in [9.17, 15) is 0 Å². The van der Waals surface area contributed by atoms with Crippen molar-refractivity contribution in [3.8, 4) is 0 Å². The van der Waals surface area contributed by atoms with Gasteiger partial charge < -0.3 is 0 Å². The maximum atomic E-state index is 6.53. The average Bonchev–Trinajstić information content (AvgIpc) is 2.73. The van der Waals surface area contributed by atoms with Crippen LogP contribution in [0.2, 0.25) is 4.44 Å². The molecule has 1 aliphatic heterocycles. The van der Waals surface area contributed by atoms with E-state index in [0.717, 1.165) is 17.3 Å². The Balaban J connectivity index is 2.89. The predicted molar refractivity (Wildman–Crippen MR) is 98.0 cm³/mol. The van der Waals surface area contributed by atoms with Crippen molar-refractivity contribution in [2.24, 2.45) is 0 Å². The van der Waals surface area contributed by atoms with Gasteiger partial charge in [0.25, 0.3) is 0 Å². The van der Waals surface area contributed by atoms with Crippen molar-refractivity contribution in [3.05, 3.63) is 0 Å². The van der Waals surface area contributed by atoms with E-state index in [0.29, 0.717) is 13.2 Å². The number of rotatable bonds is 7. The summed E-state index contributed by atoms with van der Waals surface area (Å²) < 4.78 is 31.5. The van der Waals surface area contributed by atoms with Gasteiger partial charge in [-0.25, -0.2) is 0 Å². The minimum absolute atomic E-state index is 0.0899. The van der Waals surface area contributed by atoms with Gasteiger partial charge >= 0.3 is 154 Å². The van der Waals surface area contributed by atoms with E-state index >= 15 is 0 Å². The summed E-state index contributed by atoms with van der Waals surface area (Å²) in [6.45, 7) is 20.0. The zero-order valence-electron chi connectivity index (χ0n) is 17.2. The molecule has 0 amide bonds. The van der Waals surface area contributed by atoms with E-state index < -0.39 is 19.6 Å². The summed E-state index contributed by atoms with van der Waals surface area (Å²) in [6.07, 6.45) is 1.68. The minimum atomic E-state index is -3.80. The van der Waals surface area contributed by atoms with E-state index in [-0.39, 0.29) is 23.1 Å². The third-order valence-electron chi connectivity index (χ3n) is 3.00. The van der Waals surface area contributed by atoms with E-state index in [1.54, 1.807) is 0 Å². The van der Waals surface area contributed by atoms with Crippen LogP contribution in [0.1, 0.15) is 75.2 Å². The Morgan fingerprint density at radius 3 is 1.46 bits per heavy atom. The monoisotopic (exact) mass is 454 g/mol. The van der Waals surface area contributed by atoms with E-state index in [1.807, 2.05) is 0 Å². The molecule has 1 fully saturated rings. The molecule has 0 atom stereocenters. The van der Waals surface area contributed by atoms with Crippen LogP contribution in [0.3, 0.4) is 0 Å². The number of hydrogen-bond donors (Lipinski definition) is 0. The quantitative estimate of drug-likeness (QED) is 0.531. The molecule has 0 spiro atoms. The first-order chi connectivity index (χ1) is 10.7. The van der Waals surface area contributed by atoms with Crippen molar-refractivity contribution in [3.63, 3.8) is 0 Å². The number of hydrogen-bond acceptors (Lipinski definition) is 5.